The van der Waals surface area contributed by atoms with Gasteiger partial charge >= 0.3 is 5.69 Å². The number of nitro groups is 1. The molecule has 6 heteroatoms. The van der Waals surface area contributed by atoms with E-state index in [1.165, 1.54) is 6.07 Å². The van der Waals surface area contributed by atoms with Crippen molar-refractivity contribution < 1.29 is 9.66 Å². The molecule has 18 heavy (non-hydrogen) atoms. The van der Waals surface area contributed by atoms with Crippen molar-refractivity contribution in [3.8, 4) is 0 Å². The van der Waals surface area contributed by atoms with Crippen molar-refractivity contribution in [3.05, 3.63) is 33.3 Å². The Hall–Kier alpha value is -1.33. The van der Waals surface area contributed by atoms with Gasteiger partial charge in [0.2, 0.25) is 0 Å². The fraction of sp³-hybridized carbons (Fsp3) is 0.500. The van der Waals surface area contributed by atoms with Crippen molar-refractivity contribution in [1.82, 2.24) is 0 Å². The second-order valence-corrected chi connectivity index (χ2v) is 4.79. The van der Waals surface area contributed by atoms with Crippen molar-refractivity contribution in [2.45, 2.75) is 18.9 Å². The second-order valence-electron chi connectivity index (χ2n) is 4.38. The Bertz CT molecular complexity index is 447. The van der Waals surface area contributed by atoms with Crippen LogP contribution < -0.4 is 4.90 Å². The van der Waals surface area contributed by atoms with E-state index in [0.717, 1.165) is 19.4 Å². The third-order valence-electron chi connectivity index (χ3n) is 3.06. The topological polar surface area (TPSA) is 55.6 Å². The molecule has 2 rings (SSSR count). The molecule has 1 heterocycles. The van der Waals surface area contributed by atoms with Crippen molar-refractivity contribution in [3.63, 3.8) is 0 Å². The molecule has 0 N–H and O–H groups in total. The average molecular weight is 271 g/mol. The highest BCUT2D eigenvalue weighted by atomic mass is 35.5. The van der Waals surface area contributed by atoms with Crippen LogP contribution in [-0.4, -0.2) is 31.2 Å². The minimum Gasteiger partial charge on any atom is -0.376 e. The van der Waals surface area contributed by atoms with E-state index in [4.69, 9.17) is 16.3 Å². The molecule has 1 saturated heterocycles. The van der Waals surface area contributed by atoms with Crippen LogP contribution in [0.3, 0.4) is 0 Å². The van der Waals surface area contributed by atoms with Crippen molar-refractivity contribution in [2.75, 3.05) is 25.1 Å². The molecule has 0 amide bonds. The first kappa shape index (κ1) is 13.1. The summed E-state index contributed by atoms with van der Waals surface area (Å²) in [4.78, 5) is 12.4. The molecule has 0 saturated carbocycles. The maximum Gasteiger partial charge on any atom is 0.310 e. The number of hydrogen-bond acceptors (Lipinski definition) is 4. The van der Waals surface area contributed by atoms with Gasteiger partial charge in [-0.1, -0.05) is 17.7 Å². The first-order valence-electron chi connectivity index (χ1n) is 5.85. The largest absolute Gasteiger partial charge is 0.376 e. The number of likely N-dealkylation sites (N-methyl/N-ethyl adjacent to an activating group) is 1. The molecular formula is C12H15ClN2O3. The predicted molar refractivity (Wildman–Crippen MR) is 70.4 cm³/mol. The lowest BCUT2D eigenvalue weighted by Crippen LogP contribution is -2.29. The minimum atomic E-state index is -0.441. The van der Waals surface area contributed by atoms with Crippen LogP contribution >= 0.6 is 11.6 Å². The molecule has 0 aliphatic carbocycles. The first-order valence-corrected chi connectivity index (χ1v) is 6.23. The molecule has 0 spiro atoms. The lowest BCUT2D eigenvalue weighted by atomic mass is 10.2. The number of ether oxygens (including phenoxy) is 1. The van der Waals surface area contributed by atoms with Gasteiger partial charge in [0.1, 0.15) is 10.7 Å². The van der Waals surface area contributed by atoms with Gasteiger partial charge in [0.05, 0.1) is 11.0 Å². The summed E-state index contributed by atoms with van der Waals surface area (Å²) in [6, 6.07) is 4.96. The average Bonchev–Trinajstić information content (AvgIpc) is 2.80. The monoisotopic (exact) mass is 270 g/mol. The van der Waals surface area contributed by atoms with E-state index in [0.29, 0.717) is 12.2 Å². The number of benzene rings is 1. The number of halogens is 1. The van der Waals surface area contributed by atoms with Crippen LogP contribution in [0.5, 0.6) is 0 Å². The highest BCUT2D eigenvalue weighted by molar-refractivity contribution is 6.33. The van der Waals surface area contributed by atoms with E-state index in [9.17, 15) is 10.1 Å². The number of hydrogen-bond donors (Lipinski definition) is 0. The van der Waals surface area contributed by atoms with E-state index in [-0.39, 0.29) is 16.8 Å². The maximum absolute atomic E-state index is 11.0. The van der Waals surface area contributed by atoms with Gasteiger partial charge in [0.15, 0.2) is 0 Å². The quantitative estimate of drug-likeness (QED) is 0.624. The Kier molecular flexibility index (Phi) is 4.04. The lowest BCUT2D eigenvalue weighted by molar-refractivity contribution is -0.384. The van der Waals surface area contributed by atoms with Gasteiger partial charge < -0.3 is 9.64 Å². The first-order chi connectivity index (χ1) is 8.59. The molecule has 0 aromatic heterocycles. The van der Waals surface area contributed by atoms with E-state index in [2.05, 4.69) is 0 Å². The zero-order valence-corrected chi connectivity index (χ0v) is 10.9. The van der Waals surface area contributed by atoms with Gasteiger partial charge in [-0.25, -0.2) is 0 Å². The second kappa shape index (κ2) is 5.54. The summed E-state index contributed by atoms with van der Waals surface area (Å²) in [5, 5.41) is 11.2. The molecule has 0 bridgehead atoms. The summed E-state index contributed by atoms with van der Waals surface area (Å²) in [7, 11) is 1.82. The molecule has 1 fully saturated rings. The Labute approximate surface area is 110 Å². The highest BCUT2D eigenvalue weighted by Gasteiger charge is 2.24. The Morgan fingerprint density at radius 3 is 3.00 bits per heavy atom. The summed E-state index contributed by atoms with van der Waals surface area (Å²) >= 11 is 5.89. The van der Waals surface area contributed by atoms with Crippen LogP contribution in [0.25, 0.3) is 0 Å². The normalized spacial score (nSPS) is 18.9. The molecule has 1 unspecified atom stereocenters. The fourth-order valence-corrected chi connectivity index (χ4v) is 2.42. The summed E-state index contributed by atoms with van der Waals surface area (Å²) in [5.74, 6) is 0. The summed E-state index contributed by atoms with van der Waals surface area (Å²) in [5.41, 5.74) is 0.489. The van der Waals surface area contributed by atoms with Gasteiger partial charge in [-0.2, -0.15) is 0 Å². The SMILES string of the molecule is CN(CC1CCCO1)c1cccc(Cl)c1[N+](=O)[O-]. The highest BCUT2D eigenvalue weighted by Crippen LogP contribution is 2.34. The van der Waals surface area contributed by atoms with E-state index < -0.39 is 4.92 Å². The fourth-order valence-electron chi connectivity index (χ4n) is 2.18. The maximum atomic E-state index is 11.0. The third-order valence-corrected chi connectivity index (χ3v) is 3.37. The van der Waals surface area contributed by atoms with Crippen molar-refractivity contribution >= 4 is 23.0 Å². The molecule has 5 nitrogen and oxygen atoms in total. The summed E-state index contributed by atoms with van der Waals surface area (Å²) in [6.45, 7) is 1.41. The summed E-state index contributed by atoms with van der Waals surface area (Å²) in [6.07, 6.45) is 2.20. The van der Waals surface area contributed by atoms with Crippen molar-refractivity contribution in [2.24, 2.45) is 0 Å². The zero-order chi connectivity index (χ0) is 13.1. The third kappa shape index (κ3) is 2.73. The molecule has 1 atom stereocenters. The number of nitrogens with zero attached hydrogens (tertiary/aromatic N) is 2. The molecular weight excluding hydrogens is 256 g/mol. The van der Waals surface area contributed by atoms with Crippen LogP contribution in [-0.2, 0) is 4.74 Å². The van der Waals surface area contributed by atoms with Crippen molar-refractivity contribution in [1.29, 1.82) is 0 Å². The van der Waals surface area contributed by atoms with E-state index in [1.54, 1.807) is 12.1 Å². The summed E-state index contributed by atoms with van der Waals surface area (Å²) < 4.78 is 5.53. The van der Waals surface area contributed by atoms with Gasteiger partial charge in [0.25, 0.3) is 0 Å². The smallest absolute Gasteiger partial charge is 0.310 e. The van der Waals surface area contributed by atoms with E-state index in [1.807, 2.05) is 11.9 Å². The van der Waals surface area contributed by atoms with Crippen LogP contribution in [0.2, 0.25) is 5.02 Å². The molecule has 1 aliphatic rings. The van der Waals surface area contributed by atoms with Crippen LogP contribution in [0.1, 0.15) is 12.8 Å². The van der Waals surface area contributed by atoms with Crippen LogP contribution in [0, 0.1) is 10.1 Å². The van der Waals surface area contributed by atoms with Gasteiger partial charge in [-0.05, 0) is 25.0 Å². The zero-order valence-electron chi connectivity index (χ0n) is 10.1. The number of para-hydroxylation sites is 1. The van der Waals surface area contributed by atoms with Gasteiger partial charge in [0, 0.05) is 20.2 Å². The molecule has 98 valence electrons. The molecule has 1 aromatic carbocycles. The minimum absolute atomic E-state index is 0.0420. The molecule has 0 radical (unpaired) electrons. The Morgan fingerprint density at radius 1 is 1.61 bits per heavy atom. The van der Waals surface area contributed by atoms with E-state index >= 15 is 0 Å². The van der Waals surface area contributed by atoms with Crippen LogP contribution in [0.15, 0.2) is 18.2 Å². The van der Waals surface area contributed by atoms with Crippen LogP contribution in [0.4, 0.5) is 11.4 Å². The molecule has 1 aromatic rings. The van der Waals surface area contributed by atoms with Gasteiger partial charge in [-0.3, -0.25) is 10.1 Å². The molecule has 1 aliphatic heterocycles. The van der Waals surface area contributed by atoms with Gasteiger partial charge in [-0.15, -0.1) is 0 Å². The number of rotatable bonds is 4. The lowest BCUT2D eigenvalue weighted by Gasteiger charge is -2.22. The predicted octanol–water partition coefficient (Wildman–Crippen LogP) is 2.86. The Morgan fingerprint density at radius 2 is 2.39 bits per heavy atom. The number of nitro benzene ring substituents is 1. The standard InChI is InChI=1S/C12H15ClN2O3/c1-14(8-9-4-3-7-18-9)11-6-2-5-10(13)12(11)15(16)17/h2,5-6,9H,3-4,7-8H2,1H3. The number of anilines is 1. The Balaban J connectivity index is 2.20.